The molecule has 0 aliphatic rings. The van der Waals surface area contributed by atoms with Crippen LogP contribution < -0.4 is 10.5 Å². The number of ether oxygens (including phenoxy) is 1. The molecule has 0 aliphatic heterocycles. The molecule has 0 radical (unpaired) electrons. The second kappa shape index (κ2) is 3.97. The molecule has 1 atom stereocenters. The van der Waals surface area contributed by atoms with Gasteiger partial charge in [-0.25, -0.2) is 0 Å². The van der Waals surface area contributed by atoms with Gasteiger partial charge in [-0.05, 0) is 30.2 Å². The molecule has 0 heterocycles. The van der Waals surface area contributed by atoms with E-state index in [2.05, 4.69) is 5.92 Å². The molecule has 68 valence electrons. The molecule has 0 aromatic heterocycles. The Kier molecular flexibility index (Phi) is 2.94. The third-order valence-corrected chi connectivity index (χ3v) is 1.96. The zero-order valence-electron chi connectivity index (χ0n) is 7.87. The fourth-order valence-electron chi connectivity index (χ4n) is 1.19. The summed E-state index contributed by atoms with van der Waals surface area (Å²) in [5.74, 6) is 3.34. The molecule has 0 bridgehead atoms. The highest BCUT2D eigenvalue weighted by Gasteiger charge is 2.04. The number of methoxy groups -OCH3 is 1. The minimum atomic E-state index is -0.329. The Morgan fingerprint density at radius 2 is 2.23 bits per heavy atom. The lowest BCUT2D eigenvalue weighted by molar-refractivity contribution is 0.411. The normalized spacial score (nSPS) is 11.8. The van der Waals surface area contributed by atoms with Crippen LogP contribution in [0.15, 0.2) is 18.2 Å². The molecule has 0 saturated carbocycles. The second-order valence-electron chi connectivity index (χ2n) is 2.87. The van der Waals surface area contributed by atoms with Crippen molar-refractivity contribution < 1.29 is 4.74 Å². The number of benzene rings is 1. The van der Waals surface area contributed by atoms with Crippen molar-refractivity contribution >= 4 is 0 Å². The van der Waals surface area contributed by atoms with E-state index in [1.54, 1.807) is 7.11 Å². The zero-order chi connectivity index (χ0) is 9.84. The van der Waals surface area contributed by atoms with E-state index in [4.69, 9.17) is 16.9 Å². The molecule has 1 rings (SSSR count). The maximum Gasteiger partial charge on any atom is 0.121 e. The van der Waals surface area contributed by atoms with E-state index in [1.165, 1.54) is 0 Å². The summed E-state index contributed by atoms with van der Waals surface area (Å²) in [4.78, 5) is 0. The van der Waals surface area contributed by atoms with E-state index in [-0.39, 0.29) is 6.04 Å². The van der Waals surface area contributed by atoms with Gasteiger partial charge in [0.05, 0.1) is 13.2 Å². The maximum atomic E-state index is 5.68. The van der Waals surface area contributed by atoms with Gasteiger partial charge < -0.3 is 10.5 Å². The van der Waals surface area contributed by atoms with Gasteiger partial charge in [0.2, 0.25) is 0 Å². The minimum Gasteiger partial charge on any atom is -0.496 e. The number of hydrogen-bond donors (Lipinski definition) is 1. The van der Waals surface area contributed by atoms with Crippen molar-refractivity contribution in [2.24, 2.45) is 5.73 Å². The highest BCUT2D eigenvalue weighted by molar-refractivity contribution is 5.38. The summed E-state index contributed by atoms with van der Waals surface area (Å²) in [6, 6.07) is 5.38. The molecule has 1 unspecified atom stereocenters. The lowest BCUT2D eigenvalue weighted by Crippen LogP contribution is -2.07. The Morgan fingerprint density at radius 3 is 2.69 bits per heavy atom. The number of terminal acetylenes is 1. The summed E-state index contributed by atoms with van der Waals surface area (Å²) in [6.07, 6.45) is 5.22. The first kappa shape index (κ1) is 9.63. The summed E-state index contributed by atoms with van der Waals surface area (Å²) >= 11 is 0. The molecular weight excluding hydrogens is 162 g/mol. The Balaban J connectivity index is 3.04. The smallest absolute Gasteiger partial charge is 0.121 e. The zero-order valence-corrected chi connectivity index (χ0v) is 7.87. The predicted molar refractivity (Wildman–Crippen MR) is 53.5 cm³/mol. The van der Waals surface area contributed by atoms with E-state index in [0.717, 1.165) is 16.9 Å². The van der Waals surface area contributed by atoms with Crippen LogP contribution in [0, 0.1) is 19.3 Å². The van der Waals surface area contributed by atoms with Crippen LogP contribution in [0.1, 0.15) is 17.2 Å². The van der Waals surface area contributed by atoms with Crippen LogP contribution in [0.5, 0.6) is 5.75 Å². The van der Waals surface area contributed by atoms with Crippen molar-refractivity contribution in [3.63, 3.8) is 0 Å². The van der Waals surface area contributed by atoms with Crippen LogP contribution in [-0.2, 0) is 0 Å². The SMILES string of the molecule is C#CC(N)c1ccc(OC)c(C)c1. The lowest BCUT2D eigenvalue weighted by Gasteiger charge is -2.08. The number of nitrogens with two attached hydrogens (primary N) is 1. The summed E-state index contributed by atoms with van der Waals surface area (Å²) in [5.41, 5.74) is 7.67. The first-order chi connectivity index (χ1) is 6.19. The van der Waals surface area contributed by atoms with Crippen molar-refractivity contribution in [3.05, 3.63) is 29.3 Å². The number of rotatable bonds is 2. The highest BCUT2D eigenvalue weighted by atomic mass is 16.5. The molecule has 2 nitrogen and oxygen atoms in total. The third kappa shape index (κ3) is 2.01. The topological polar surface area (TPSA) is 35.2 Å². The van der Waals surface area contributed by atoms with Crippen molar-refractivity contribution in [1.82, 2.24) is 0 Å². The summed E-state index contributed by atoms with van der Waals surface area (Å²) in [7, 11) is 1.64. The van der Waals surface area contributed by atoms with Crippen LogP contribution in [-0.4, -0.2) is 7.11 Å². The Labute approximate surface area is 78.7 Å². The molecule has 1 aromatic rings. The maximum absolute atomic E-state index is 5.68. The second-order valence-corrected chi connectivity index (χ2v) is 2.87. The highest BCUT2D eigenvalue weighted by Crippen LogP contribution is 2.20. The largest absolute Gasteiger partial charge is 0.496 e. The fourth-order valence-corrected chi connectivity index (χ4v) is 1.19. The average molecular weight is 175 g/mol. The average Bonchev–Trinajstić information content (AvgIpc) is 2.16. The monoisotopic (exact) mass is 175 g/mol. The van der Waals surface area contributed by atoms with Gasteiger partial charge in [-0.2, -0.15) is 0 Å². The molecule has 0 spiro atoms. The van der Waals surface area contributed by atoms with E-state index in [9.17, 15) is 0 Å². The molecule has 2 N–H and O–H groups in total. The Hall–Kier alpha value is -1.46. The van der Waals surface area contributed by atoms with Gasteiger partial charge in [-0.15, -0.1) is 6.42 Å². The van der Waals surface area contributed by atoms with Crippen molar-refractivity contribution in [1.29, 1.82) is 0 Å². The standard InChI is InChI=1S/C11H13NO/c1-4-10(12)9-5-6-11(13-3)8(2)7-9/h1,5-7,10H,12H2,2-3H3. The van der Waals surface area contributed by atoms with E-state index in [0.29, 0.717) is 0 Å². The summed E-state index contributed by atoms with van der Waals surface area (Å²) in [5, 5.41) is 0. The van der Waals surface area contributed by atoms with Crippen molar-refractivity contribution in [2.75, 3.05) is 7.11 Å². The first-order valence-corrected chi connectivity index (χ1v) is 4.05. The van der Waals surface area contributed by atoms with Crippen molar-refractivity contribution in [2.45, 2.75) is 13.0 Å². The van der Waals surface area contributed by atoms with Gasteiger partial charge in [-0.3, -0.25) is 0 Å². The van der Waals surface area contributed by atoms with E-state index in [1.807, 2.05) is 25.1 Å². The van der Waals surface area contributed by atoms with Crippen LogP contribution >= 0.6 is 0 Å². The summed E-state index contributed by atoms with van der Waals surface area (Å²) < 4.78 is 5.12. The number of aryl methyl sites for hydroxylation is 1. The van der Waals surface area contributed by atoms with E-state index < -0.39 is 0 Å². The van der Waals surface area contributed by atoms with Gasteiger partial charge in [0, 0.05) is 0 Å². The molecule has 0 fully saturated rings. The first-order valence-electron chi connectivity index (χ1n) is 4.05. The summed E-state index contributed by atoms with van der Waals surface area (Å²) in [6.45, 7) is 1.96. The van der Waals surface area contributed by atoms with Gasteiger partial charge in [0.25, 0.3) is 0 Å². The fraction of sp³-hybridized carbons (Fsp3) is 0.273. The molecule has 2 heteroatoms. The van der Waals surface area contributed by atoms with Crippen molar-refractivity contribution in [3.8, 4) is 18.1 Å². The molecule has 0 aliphatic carbocycles. The van der Waals surface area contributed by atoms with Crippen LogP contribution in [0.25, 0.3) is 0 Å². The van der Waals surface area contributed by atoms with Crippen LogP contribution in [0.4, 0.5) is 0 Å². The molecule has 0 amide bonds. The van der Waals surface area contributed by atoms with Crippen LogP contribution in [0.2, 0.25) is 0 Å². The number of hydrogen-bond acceptors (Lipinski definition) is 2. The van der Waals surface area contributed by atoms with Gasteiger partial charge in [0.1, 0.15) is 5.75 Å². The Bertz CT molecular complexity index is 338. The quantitative estimate of drug-likeness (QED) is 0.693. The molecular formula is C11H13NO. The molecule has 13 heavy (non-hydrogen) atoms. The minimum absolute atomic E-state index is 0.329. The van der Waals surface area contributed by atoms with E-state index >= 15 is 0 Å². The van der Waals surface area contributed by atoms with Gasteiger partial charge >= 0.3 is 0 Å². The predicted octanol–water partition coefficient (Wildman–Crippen LogP) is 1.64. The van der Waals surface area contributed by atoms with Gasteiger partial charge in [-0.1, -0.05) is 12.0 Å². The molecule has 1 aromatic carbocycles. The van der Waals surface area contributed by atoms with Gasteiger partial charge in [0.15, 0.2) is 0 Å². The lowest BCUT2D eigenvalue weighted by atomic mass is 10.1. The molecule has 0 saturated heterocycles. The Morgan fingerprint density at radius 1 is 1.54 bits per heavy atom. The third-order valence-electron chi connectivity index (χ3n) is 1.96. The van der Waals surface area contributed by atoms with Crippen LogP contribution in [0.3, 0.4) is 0 Å².